The number of fused-ring (bicyclic) bond motifs is 15. The Kier molecular flexibility index (Phi) is 8.16. The zero-order valence-corrected chi connectivity index (χ0v) is 41.8. The Morgan fingerprint density at radius 1 is 0.391 bits per heavy atom. The van der Waals surface area contributed by atoms with Gasteiger partial charge in [-0.2, -0.15) is 0 Å². The minimum atomic E-state index is -0.491. The van der Waals surface area contributed by atoms with Crippen LogP contribution in [0.2, 0.25) is 0 Å². The molecule has 2 nitrogen and oxygen atoms in total. The maximum Gasteiger partial charge on any atom is 0.333 e. The van der Waals surface area contributed by atoms with Crippen molar-refractivity contribution in [3.8, 4) is 33.4 Å². The molecule has 0 radical (unpaired) electrons. The van der Waals surface area contributed by atoms with Crippen LogP contribution in [-0.2, 0) is 27.1 Å². The second-order valence-electron chi connectivity index (χ2n) is 24.2. The highest BCUT2D eigenvalue weighted by molar-refractivity contribution is 6.93. The Balaban J connectivity index is 1.15. The van der Waals surface area contributed by atoms with Crippen LogP contribution in [0, 0.1) is 6.92 Å². The van der Waals surface area contributed by atoms with E-state index >= 15 is 0 Å². The molecule has 0 saturated carbocycles. The molecule has 0 atom stereocenters. The quantitative estimate of drug-likeness (QED) is 0.160. The summed E-state index contributed by atoms with van der Waals surface area (Å²) in [4.78, 5) is 5.54. The normalized spacial score (nSPS) is 19.1. The van der Waals surface area contributed by atoms with Gasteiger partial charge in [-0.1, -0.05) is 177 Å². The molecule has 0 saturated heterocycles. The fourth-order valence-electron chi connectivity index (χ4n) is 14.6. The molecule has 6 aliphatic rings. The Hall–Kier alpha value is -6.58. The van der Waals surface area contributed by atoms with Crippen LogP contribution >= 0.6 is 0 Å². The van der Waals surface area contributed by atoms with E-state index < -0.39 is 5.41 Å². The fraction of sp³-hybridized carbons (Fsp3) is 0.273. The average Bonchev–Trinajstić information content (AvgIpc) is 3.64. The van der Waals surface area contributed by atoms with E-state index in [0.29, 0.717) is 0 Å². The lowest BCUT2D eigenvalue weighted by atomic mass is 9.41. The molecule has 8 aromatic carbocycles. The molecule has 0 unspecified atom stereocenters. The Morgan fingerprint density at radius 2 is 0.928 bits per heavy atom. The zero-order valence-electron chi connectivity index (χ0n) is 41.8. The first-order valence-electron chi connectivity index (χ1n) is 25.7. The number of aryl methyl sites for hydroxylation is 1. The predicted octanol–water partition coefficient (Wildman–Crippen LogP) is 15.7. The number of anilines is 5. The first kappa shape index (κ1) is 41.4. The Bertz CT molecular complexity index is 3520. The molecule has 3 heteroatoms. The molecule has 0 fully saturated rings. The van der Waals surface area contributed by atoms with E-state index in [4.69, 9.17) is 0 Å². The van der Waals surface area contributed by atoms with Crippen molar-refractivity contribution >= 4 is 46.2 Å². The molecule has 1 spiro atoms. The molecule has 0 amide bonds. The number of hydrogen-bond donors (Lipinski definition) is 0. The number of hydrogen-bond acceptors (Lipinski definition) is 2. The molecule has 14 rings (SSSR count). The van der Waals surface area contributed by atoms with Gasteiger partial charge in [-0.25, -0.2) is 0 Å². The van der Waals surface area contributed by atoms with E-state index in [1.54, 1.807) is 0 Å². The van der Waals surface area contributed by atoms with Crippen molar-refractivity contribution in [3.05, 3.63) is 208 Å². The summed E-state index contributed by atoms with van der Waals surface area (Å²) in [6, 6.07) is 62.3. The van der Waals surface area contributed by atoms with Crippen LogP contribution in [0.3, 0.4) is 0 Å². The van der Waals surface area contributed by atoms with E-state index in [0.717, 1.165) is 6.42 Å². The molecule has 0 N–H and O–H groups in total. The molecule has 3 aliphatic heterocycles. The highest BCUT2D eigenvalue weighted by atomic mass is 15.2. The highest BCUT2D eigenvalue weighted by Crippen LogP contribution is 2.65. The van der Waals surface area contributed by atoms with Gasteiger partial charge in [-0.3, -0.25) is 0 Å². The smallest absolute Gasteiger partial charge is 0.333 e. The van der Waals surface area contributed by atoms with Crippen LogP contribution in [0.4, 0.5) is 28.4 Å². The monoisotopic (exact) mass is 892 g/mol. The van der Waals surface area contributed by atoms with Gasteiger partial charge in [0, 0.05) is 34.0 Å². The third-order valence-electron chi connectivity index (χ3n) is 18.5. The largest absolute Gasteiger partial charge is 0.376 e. The van der Waals surface area contributed by atoms with Crippen molar-refractivity contribution in [2.75, 3.05) is 9.71 Å². The second-order valence-corrected chi connectivity index (χ2v) is 24.2. The number of rotatable bonds is 2. The number of nitrogens with zero attached hydrogens (tertiary/aromatic N) is 2. The van der Waals surface area contributed by atoms with Gasteiger partial charge in [0.25, 0.3) is 0 Å². The molecule has 3 aliphatic carbocycles. The molecule has 8 aromatic rings. The topological polar surface area (TPSA) is 6.48 Å². The molecule has 69 heavy (non-hydrogen) atoms. The molecule has 338 valence electrons. The Morgan fingerprint density at radius 3 is 1.59 bits per heavy atom. The number of para-hydroxylation sites is 2. The van der Waals surface area contributed by atoms with Crippen molar-refractivity contribution in [3.63, 3.8) is 0 Å². The second kappa shape index (κ2) is 13.6. The SMILES string of the molecule is Cc1ccccc1-c1cc2c3c(c1)N(c1ccc4c(c1)C(C)(C)CCC4(C)C)c1cc4c(cc1B3N1c3ccccc3C3(c5ccccc5-c5ccccc53)c3cccc-2c31)C(C)(C)CCC4(C)C. The third kappa shape index (κ3) is 5.29. The van der Waals surface area contributed by atoms with Crippen molar-refractivity contribution in [1.82, 2.24) is 0 Å². The molecular weight excluding hydrogens is 832 g/mol. The summed E-state index contributed by atoms with van der Waals surface area (Å²) in [6.07, 6.45) is 4.70. The van der Waals surface area contributed by atoms with Gasteiger partial charge in [-0.15, -0.1) is 0 Å². The average molecular weight is 893 g/mol. The predicted molar refractivity (Wildman–Crippen MR) is 292 cm³/mol. The van der Waals surface area contributed by atoms with Crippen LogP contribution in [-0.4, -0.2) is 6.85 Å². The van der Waals surface area contributed by atoms with Crippen LogP contribution in [0.15, 0.2) is 158 Å². The van der Waals surface area contributed by atoms with E-state index in [1.807, 2.05) is 0 Å². The van der Waals surface area contributed by atoms with Crippen LogP contribution in [0.25, 0.3) is 33.4 Å². The van der Waals surface area contributed by atoms with Crippen molar-refractivity contribution < 1.29 is 0 Å². The summed E-state index contributed by atoms with van der Waals surface area (Å²) in [7, 11) is 0. The number of benzene rings is 8. The lowest BCUT2D eigenvalue weighted by Gasteiger charge is -2.53. The van der Waals surface area contributed by atoms with Gasteiger partial charge in [0.1, 0.15) is 0 Å². The fourth-order valence-corrected chi connectivity index (χ4v) is 14.6. The van der Waals surface area contributed by atoms with E-state index in [2.05, 4.69) is 230 Å². The van der Waals surface area contributed by atoms with Gasteiger partial charge in [-0.05, 0) is 179 Å². The lowest BCUT2D eigenvalue weighted by molar-refractivity contribution is 0.332. The lowest BCUT2D eigenvalue weighted by Crippen LogP contribution is -2.63. The first-order chi connectivity index (χ1) is 33.1. The van der Waals surface area contributed by atoms with E-state index in [-0.39, 0.29) is 28.5 Å². The van der Waals surface area contributed by atoms with E-state index in [9.17, 15) is 0 Å². The zero-order chi connectivity index (χ0) is 47.1. The summed E-state index contributed by atoms with van der Waals surface area (Å²) in [5, 5.41) is 0. The molecular formula is C66H61BN2. The summed E-state index contributed by atoms with van der Waals surface area (Å²) in [5.41, 5.74) is 29.6. The van der Waals surface area contributed by atoms with Crippen LogP contribution in [0.1, 0.15) is 131 Å². The molecule has 3 heterocycles. The minimum Gasteiger partial charge on any atom is -0.376 e. The van der Waals surface area contributed by atoms with Gasteiger partial charge in [0.15, 0.2) is 0 Å². The van der Waals surface area contributed by atoms with Crippen LogP contribution < -0.4 is 20.6 Å². The summed E-state index contributed by atoms with van der Waals surface area (Å²) in [5.74, 6) is 0. The maximum atomic E-state index is 2.82. The third-order valence-corrected chi connectivity index (χ3v) is 18.5. The van der Waals surface area contributed by atoms with E-state index in [1.165, 1.54) is 142 Å². The van der Waals surface area contributed by atoms with Gasteiger partial charge in [0.2, 0.25) is 0 Å². The summed E-state index contributed by atoms with van der Waals surface area (Å²) < 4.78 is 0. The summed E-state index contributed by atoms with van der Waals surface area (Å²) >= 11 is 0. The van der Waals surface area contributed by atoms with Gasteiger partial charge < -0.3 is 9.71 Å². The molecule has 0 aromatic heterocycles. The first-order valence-corrected chi connectivity index (χ1v) is 25.7. The maximum absolute atomic E-state index is 2.82. The van der Waals surface area contributed by atoms with Gasteiger partial charge in [0.05, 0.1) is 5.41 Å². The Labute approximate surface area is 410 Å². The molecule has 0 bridgehead atoms. The van der Waals surface area contributed by atoms with Crippen molar-refractivity contribution in [1.29, 1.82) is 0 Å². The minimum absolute atomic E-state index is 0.0293. The van der Waals surface area contributed by atoms with Crippen molar-refractivity contribution in [2.24, 2.45) is 0 Å². The standard InChI is InChI=1S/C66H61BN2/c1-40-19-10-11-20-43(40)41-35-47-46-23-18-27-52-61(46)69(57-28-17-16-26-51(57)66(52)48-24-14-12-21-44(48)45-22-13-15-25-49(45)66)67-56-38-54-55(65(8,9)34-33-64(54,6)7)39-58(56)68(59(36-41)60(47)67)42-29-30-50-53(37-42)63(4,5)32-31-62(50,2)3/h10-30,35-39H,31-34H2,1-9H3. The summed E-state index contributed by atoms with van der Waals surface area (Å²) in [6.45, 7) is 22.0. The highest BCUT2D eigenvalue weighted by Gasteiger charge is 2.57. The van der Waals surface area contributed by atoms with Gasteiger partial charge >= 0.3 is 6.85 Å². The van der Waals surface area contributed by atoms with Crippen molar-refractivity contribution in [2.45, 2.75) is 115 Å². The van der Waals surface area contributed by atoms with Crippen LogP contribution in [0.5, 0.6) is 0 Å².